The van der Waals surface area contributed by atoms with Crippen LogP contribution in [0.5, 0.6) is 0 Å². The summed E-state index contributed by atoms with van der Waals surface area (Å²) in [6.07, 6.45) is 3.76. The number of rotatable bonds is 6. The summed E-state index contributed by atoms with van der Waals surface area (Å²) < 4.78 is 5.32. The summed E-state index contributed by atoms with van der Waals surface area (Å²) in [7, 11) is 0. The number of likely N-dealkylation sites (tertiary alicyclic amines) is 1. The van der Waals surface area contributed by atoms with Crippen LogP contribution >= 0.6 is 0 Å². The Morgan fingerprint density at radius 2 is 1.94 bits per heavy atom. The van der Waals surface area contributed by atoms with Crippen molar-refractivity contribution in [2.45, 2.75) is 58.6 Å². The molecule has 0 amide bonds. The van der Waals surface area contributed by atoms with E-state index in [9.17, 15) is 4.79 Å². The lowest BCUT2D eigenvalue weighted by Crippen LogP contribution is -2.40. The van der Waals surface area contributed by atoms with Gasteiger partial charge in [0.1, 0.15) is 11.6 Å². The number of carbonyl (C=O) groups excluding carboxylic acids is 1. The van der Waals surface area contributed by atoms with Crippen LogP contribution in [0.3, 0.4) is 0 Å². The molecule has 4 heteroatoms. The molecule has 1 saturated heterocycles. The van der Waals surface area contributed by atoms with Crippen molar-refractivity contribution in [2.75, 3.05) is 26.2 Å². The van der Waals surface area contributed by atoms with Crippen molar-refractivity contribution in [3.05, 3.63) is 0 Å². The van der Waals surface area contributed by atoms with E-state index in [0.717, 1.165) is 19.5 Å². The molecule has 0 aliphatic carbocycles. The predicted octanol–water partition coefficient (Wildman–Crippen LogP) is 1.79. The summed E-state index contributed by atoms with van der Waals surface area (Å²) in [6.45, 7) is 12.0. The van der Waals surface area contributed by atoms with E-state index < -0.39 is 5.60 Å². The smallest absolute Gasteiger partial charge is 0.323 e. The Bertz CT molecular complexity index is 255. The Balaban J connectivity index is 2.08. The van der Waals surface area contributed by atoms with Crippen LogP contribution in [0.15, 0.2) is 0 Å². The van der Waals surface area contributed by atoms with Crippen molar-refractivity contribution in [3.8, 4) is 0 Å². The van der Waals surface area contributed by atoms with Gasteiger partial charge in [-0.1, -0.05) is 0 Å². The summed E-state index contributed by atoms with van der Waals surface area (Å²) in [5, 5.41) is 3.23. The molecule has 0 bridgehead atoms. The zero-order valence-corrected chi connectivity index (χ0v) is 12.3. The van der Waals surface area contributed by atoms with Gasteiger partial charge in [0.15, 0.2) is 0 Å². The van der Waals surface area contributed by atoms with Gasteiger partial charge in [-0.05, 0) is 73.1 Å². The number of nitrogens with one attached hydrogen (secondary N) is 1. The molecule has 4 nitrogen and oxygen atoms in total. The van der Waals surface area contributed by atoms with Gasteiger partial charge in [-0.3, -0.25) is 4.79 Å². The summed E-state index contributed by atoms with van der Waals surface area (Å²) >= 11 is 0. The molecule has 0 aromatic heterocycles. The van der Waals surface area contributed by atoms with E-state index in [2.05, 4.69) is 10.2 Å². The molecular weight excluding hydrogens is 228 g/mol. The molecule has 0 saturated carbocycles. The minimum absolute atomic E-state index is 0.163. The van der Waals surface area contributed by atoms with Crippen LogP contribution in [0.25, 0.3) is 0 Å². The maximum absolute atomic E-state index is 11.7. The minimum Gasteiger partial charge on any atom is -0.459 e. The number of nitrogens with zero attached hydrogens (tertiary/aromatic N) is 1. The van der Waals surface area contributed by atoms with E-state index >= 15 is 0 Å². The molecule has 1 heterocycles. The number of carbonyl (C=O) groups is 1. The van der Waals surface area contributed by atoms with Crippen LogP contribution in [0.4, 0.5) is 0 Å². The summed E-state index contributed by atoms with van der Waals surface area (Å²) in [4.78, 5) is 14.2. The van der Waals surface area contributed by atoms with Gasteiger partial charge in [0.25, 0.3) is 0 Å². The Morgan fingerprint density at radius 1 is 1.33 bits per heavy atom. The molecular formula is C14H28N2O2. The highest BCUT2D eigenvalue weighted by molar-refractivity contribution is 5.75. The van der Waals surface area contributed by atoms with Gasteiger partial charge in [0.05, 0.1) is 0 Å². The highest BCUT2D eigenvalue weighted by Crippen LogP contribution is 2.09. The minimum atomic E-state index is -0.400. The van der Waals surface area contributed by atoms with E-state index in [0.29, 0.717) is 0 Å². The first-order valence-electron chi connectivity index (χ1n) is 7.07. The summed E-state index contributed by atoms with van der Waals surface area (Å²) in [6, 6.07) is -0.220. The standard InChI is InChI=1S/C14H28N2O2/c1-12(13(17)18-14(2,3)4)15-8-7-11-16-9-5-6-10-16/h12,15H,5-11H2,1-4H3. The molecule has 0 spiro atoms. The van der Waals surface area contributed by atoms with Gasteiger partial charge in [-0.2, -0.15) is 0 Å². The lowest BCUT2D eigenvalue weighted by Gasteiger charge is -2.23. The molecule has 18 heavy (non-hydrogen) atoms. The van der Waals surface area contributed by atoms with Crippen LogP contribution in [0.1, 0.15) is 47.0 Å². The SMILES string of the molecule is CC(NCCCN1CCCC1)C(=O)OC(C)(C)C. The Morgan fingerprint density at radius 3 is 2.50 bits per heavy atom. The number of hydrogen-bond donors (Lipinski definition) is 1. The first-order chi connectivity index (χ1) is 8.38. The van der Waals surface area contributed by atoms with Crippen molar-refractivity contribution in [3.63, 3.8) is 0 Å². The molecule has 1 fully saturated rings. The van der Waals surface area contributed by atoms with Crippen LogP contribution < -0.4 is 5.32 Å². The van der Waals surface area contributed by atoms with Gasteiger partial charge in [0, 0.05) is 0 Å². The second kappa shape index (κ2) is 7.10. The molecule has 1 aliphatic rings. The van der Waals surface area contributed by atoms with Gasteiger partial charge in [0.2, 0.25) is 0 Å². The molecule has 0 aromatic rings. The lowest BCUT2D eigenvalue weighted by molar-refractivity contribution is -0.156. The van der Waals surface area contributed by atoms with E-state index in [-0.39, 0.29) is 12.0 Å². The van der Waals surface area contributed by atoms with Crippen molar-refractivity contribution >= 4 is 5.97 Å². The van der Waals surface area contributed by atoms with Crippen molar-refractivity contribution in [1.82, 2.24) is 10.2 Å². The number of esters is 1. The van der Waals surface area contributed by atoms with Crippen molar-refractivity contribution < 1.29 is 9.53 Å². The average Bonchev–Trinajstić information content (AvgIpc) is 2.74. The Kier molecular flexibility index (Phi) is 6.09. The van der Waals surface area contributed by atoms with E-state index in [4.69, 9.17) is 4.74 Å². The molecule has 0 radical (unpaired) electrons. The van der Waals surface area contributed by atoms with Gasteiger partial charge >= 0.3 is 5.97 Å². The molecule has 0 aromatic carbocycles. The first kappa shape index (κ1) is 15.4. The van der Waals surface area contributed by atoms with Crippen molar-refractivity contribution in [1.29, 1.82) is 0 Å². The van der Waals surface area contributed by atoms with E-state index in [1.165, 1.54) is 25.9 Å². The zero-order valence-electron chi connectivity index (χ0n) is 12.3. The van der Waals surface area contributed by atoms with E-state index in [1.54, 1.807) is 0 Å². The van der Waals surface area contributed by atoms with Crippen LogP contribution in [0, 0.1) is 0 Å². The second-order valence-corrected chi connectivity index (χ2v) is 6.11. The van der Waals surface area contributed by atoms with E-state index in [1.807, 2.05) is 27.7 Å². The molecule has 1 unspecified atom stereocenters. The fraction of sp³-hybridized carbons (Fsp3) is 0.929. The summed E-state index contributed by atoms with van der Waals surface area (Å²) in [5.41, 5.74) is -0.400. The van der Waals surface area contributed by atoms with Crippen LogP contribution in [-0.4, -0.2) is 48.7 Å². The molecule has 1 atom stereocenters. The highest BCUT2D eigenvalue weighted by atomic mass is 16.6. The maximum Gasteiger partial charge on any atom is 0.323 e. The van der Waals surface area contributed by atoms with Crippen molar-refractivity contribution in [2.24, 2.45) is 0 Å². The third kappa shape index (κ3) is 6.36. The topological polar surface area (TPSA) is 41.6 Å². The number of hydrogen-bond acceptors (Lipinski definition) is 4. The number of ether oxygens (including phenoxy) is 1. The lowest BCUT2D eigenvalue weighted by atomic mass is 10.2. The molecule has 106 valence electrons. The Hall–Kier alpha value is -0.610. The molecule has 1 N–H and O–H groups in total. The third-order valence-electron chi connectivity index (χ3n) is 3.06. The van der Waals surface area contributed by atoms with Crippen LogP contribution in [0.2, 0.25) is 0 Å². The summed E-state index contributed by atoms with van der Waals surface area (Å²) in [5.74, 6) is -0.163. The maximum atomic E-state index is 11.7. The second-order valence-electron chi connectivity index (χ2n) is 6.11. The largest absolute Gasteiger partial charge is 0.459 e. The quantitative estimate of drug-likeness (QED) is 0.581. The normalized spacial score (nSPS) is 18.9. The fourth-order valence-electron chi connectivity index (χ4n) is 2.10. The zero-order chi connectivity index (χ0) is 13.6. The Labute approximate surface area is 111 Å². The predicted molar refractivity (Wildman–Crippen MR) is 73.6 cm³/mol. The van der Waals surface area contributed by atoms with Gasteiger partial charge in [-0.15, -0.1) is 0 Å². The monoisotopic (exact) mass is 256 g/mol. The van der Waals surface area contributed by atoms with Gasteiger partial charge < -0.3 is 15.0 Å². The molecule has 1 aliphatic heterocycles. The fourth-order valence-corrected chi connectivity index (χ4v) is 2.10. The molecule has 1 rings (SSSR count). The third-order valence-corrected chi connectivity index (χ3v) is 3.06. The highest BCUT2D eigenvalue weighted by Gasteiger charge is 2.21. The van der Waals surface area contributed by atoms with Gasteiger partial charge in [-0.25, -0.2) is 0 Å². The first-order valence-corrected chi connectivity index (χ1v) is 7.07. The van der Waals surface area contributed by atoms with Crippen LogP contribution in [-0.2, 0) is 9.53 Å². The average molecular weight is 256 g/mol.